The number of benzene rings is 1. The lowest BCUT2D eigenvalue weighted by molar-refractivity contribution is -0.132. The van der Waals surface area contributed by atoms with Crippen LogP contribution in [0.2, 0.25) is 0 Å². The number of nitrogens with one attached hydrogen (secondary N) is 1. The van der Waals surface area contributed by atoms with Crippen LogP contribution < -0.4 is 14.8 Å². The second-order valence-electron chi connectivity index (χ2n) is 5.80. The Morgan fingerprint density at radius 2 is 1.78 bits per heavy atom. The summed E-state index contributed by atoms with van der Waals surface area (Å²) >= 11 is 0. The van der Waals surface area contributed by atoms with Gasteiger partial charge in [-0.2, -0.15) is 0 Å². The standard InChI is InChI=1S/C18H28N2O3/c1-3-22-16-6-8-17(9-7-16)23-14-4-5-18(21)20-12-10-15(19-2)11-13-20/h6-9,15,19H,3-5,10-14H2,1-2H3. The fourth-order valence-corrected chi connectivity index (χ4v) is 2.79. The average molecular weight is 320 g/mol. The Hall–Kier alpha value is -1.75. The van der Waals surface area contributed by atoms with Gasteiger partial charge >= 0.3 is 0 Å². The van der Waals surface area contributed by atoms with Gasteiger partial charge in [-0.15, -0.1) is 0 Å². The molecule has 1 N–H and O–H groups in total. The van der Waals surface area contributed by atoms with Gasteiger partial charge in [0.25, 0.3) is 0 Å². The van der Waals surface area contributed by atoms with Crippen molar-refractivity contribution in [2.75, 3.05) is 33.4 Å². The normalized spacial score (nSPS) is 15.5. The Kier molecular flexibility index (Phi) is 7.20. The van der Waals surface area contributed by atoms with Gasteiger partial charge in [-0.1, -0.05) is 0 Å². The third-order valence-corrected chi connectivity index (χ3v) is 4.19. The van der Waals surface area contributed by atoms with Crippen molar-refractivity contribution in [2.45, 2.75) is 38.6 Å². The third-order valence-electron chi connectivity index (χ3n) is 4.19. The molecular weight excluding hydrogens is 292 g/mol. The minimum Gasteiger partial charge on any atom is -0.494 e. The molecule has 0 aliphatic carbocycles. The van der Waals surface area contributed by atoms with Gasteiger partial charge in [-0.25, -0.2) is 0 Å². The van der Waals surface area contributed by atoms with E-state index in [4.69, 9.17) is 9.47 Å². The molecule has 1 heterocycles. The molecule has 1 amide bonds. The molecule has 5 heteroatoms. The SMILES string of the molecule is CCOc1ccc(OCCCC(=O)N2CCC(NC)CC2)cc1. The number of hydrogen-bond acceptors (Lipinski definition) is 4. The van der Waals surface area contributed by atoms with E-state index in [9.17, 15) is 4.79 Å². The quantitative estimate of drug-likeness (QED) is 0.748. The van der Waals surface area contributed by atoms with E-state index in [1.807, 2.05) is 43.1 Å². The van der Waals surface area contributed by atoms with Crippen LogP contribution >= 0.6 is 0 Å². The van der Waals surface area contributed by atoms with E-state index in [0.717, 1.165) is 43.9 Å². The molecule has 0 radical (unpaired) electrons. The monoisotopic (exact) mass is 320 g/mol. The van der Waals surface area contributed by atoms with E-state index in [-0.39, 0.29) is 5.91 Å². The van der Waals surface area contributed by atoms with Gasteiger partial charge in [0.05, 0.1) is 13.2 Å². The highest BCUT2D eigenvalue weighted by atomic mass is 16.5. The highest BCUT2D eigenvalue weighted by molar-refractivity contribution is 5.76. The van der Waals surface area contributed by atoms with Crippen LogP contribution in [0.1, 0.15) is 32.6 Å². The fraction of sp³-hybridized carbons (Fsp3) is 0.611. The Morgan fingerprint density at radius 3 is 2.35 bits per heavy atom. The first-order valence-electron chi connectivity index (χ1n) is 8.53. The molecule has 0 spiro atoms. The molecular formula is C18H28N2O3. The molecule has 1 aliphatic rings. The van der Waals surface area contributed by atoms with Crippen molar-refractivity contribution in [3.8, 4) is 11.5 Å². The van der Waals surface area contributed by atoms with Crippen LogP contribution in [0.4, 0.5) is 0 Å². The maximum absolute atomic E-state index is 12.2. The molecule has 1 aromatic rings. The van der Waals surface area contributed by atoms with Crippen LogP contribution in [0.25, 0.3) is 0 Å². The zero-order valence-electron chi connectivity index (χ0n) is 14.2. The molecule has 0 saturated carbocycles. The molecule has 1 fully saturated rings. The van der Waals surface area contributed by atoms with Gasteiger partial charge in [-0.05, 0) is 57.5 Å². The zero-order valence-corrected chi connectivity index (χ0v) is 14.2. The number of carbonyl (C=O) groups excluding carboxylic acids is 1. The Balaban J connectivity index is 1.62. The van der Waals surface area contributed by atoms with E-state index in [0.29, 0.717) is 25.7 Å². The van der Waals surface area contributed by atoms with E-state index in [1.54, 1.807) is 0 Å². The number of hydrogen-bond donors (Lipinski definition) is 1. The van der Waals surface area contributed by atoms with E-state index in [2.05, 4.69) is 5.32 Å². The van der Waals surface area contributed by atoms with Crippen molar-refractivity contribution in [1.29, 1.82) is 0 Å². The first-order chi connectivity index (χ1) is 11.2. The predicted molar refractivity (Wildman–Crippen MR) is 91.0 cm³/mol. The number of rotatable bonds is 8. The summed E-state index contributed by atoms with van der Waals surface area (Å²) in [6, 6.07) is 8.15. The van der Waals surface area contributed by atoms with Crippen LogP contribution in [0.3, 0.4) is 0 Å². The summed E-state index contributed by atoms with van der Waals surface area (Å²) in [4.78, 5) is 14.1. The molecule has 2 rings (SSSR count). The Bertz CT molecular complexity index is 468. The molecule has 0 bridgehead atoms. The topological polar surface area (TPSA) is 50.8 Å². The van der Waals surface area contributed by atoms with Crippen LogP contribution in [-0.2, 0) is 4.79 Å². The molecule has 1 aromatic carbocycles. The predicted octanol–water partition coefficient (Wildman–Crippen LogP) is 2.45. The molecule has 128 valence electrons. The molecule has 1 saturated heterocycles. The van der Waals surface area contributed by atoms with Crippen LogP contribution in [0.5, 0.6) is 11.5 Å². The van der Waals surface area contributed by atoms with Crippen LogP contribution in [0.15, 0.2) is 24.3 Å². The summed E-state index contributed by atoms with van der Waals surface area (Å²) in [7, 11) is 1.99. The maximum atomic E-state index is 12.2. The van der Waals surface area contributed by atoms with E-state index >= 15 is 0 Å². The minimum atomic E-state index is 0.245. The number of likely N-dealkylation sites (tertiary alicyclic amines) is 1. The number of piperidine rings is 1. The first-order valence-corrected chi connectivity index (χ1v) is 8.53. The summed E-state index contributed by atoms with van der Waals surface area (Å²) in [6.45, 7) is 4.91. The molecule has 1 aliphatic heterocycles. The first kappa shape index (κ1) is 17.6. The molecule has 0 aromatic heterocycles. The van der Waals surface area contributed by atoms with Crippen molar-refractivity contribution < 1.29 is 14.3 Å². The van der Waals surface area contributed by atoms with Crippen molar-refractivity contribution in [2.24, 2.45) is 0 Å². The summed E-state index contributed by atoms with van der Waals surface area (Å²) in [5.41, 5.74) is 0. The van der Waals surface area contributed by atoms with Crippen molar-refractivity contribution in [3.05, 3.63) is 24.3 Å². The van der Waals surface area contributed by atoms with E-state index < -0.39 is 0 Å². The highest BCUT2D eigenvalue weighted by Crippen LogP contribution is 2.18. The van der Waals surface area contributed by atoms with Gasteiger partial charge in [-0.3, -0.25) is 4.79 Å². The lowest BCUT2D eigenvalue weighted by Gasteiger charge is -2.31. The Labute approximate surface area is 139 Å². The average Bonchev–Trinajstić information content (AvgIpc) is 2.60. The third kappa shape index (κ3) is 5.75. The lowest BCUT2D eigenvalue weighted by Crippen LogP contribution is -2.43. The largest absolute Gasteiger partial charge is 0.494 e. The van der Waals surface area contributed by atoms with Crippen molar-refractivity contribution in [3.63, 3.8) is 0 Å². The summed E-state index contributed by atoms with van der Waals surface area (Å²) < 4.78 is 11.1. The van der Waals surface area contributed by atoms with Crippen LogP contribution in [0, 0.1) is 0 Å². The van der Waals surface area contributed by atoms with Gasteiger partial charge < -0.3 is 19.7 Å². The van der Waals surface area contributed by atoms with Gasteiger partial charge in [0.15, 0.2) is 0 Å². The fourth-order valence-electron chi connectivity index (χ4n) is 2.79. The summed E-state index contributed by atoms with van der Waals surface area (Å²) in [5, 5.41) is 3.28. The van der Waals surface area contributed by atoms with Gasteiger partial charge in [0, 0.05) is 25.6 Å². The lowest BCUT2D eigenvalue weighted by atomic mass is 10.0. The van der Waals surface area contributed by atoms with Gasteiger partial charge in [0.2, 0.25) is 5.91 Å². The van der Waals surface area contributed by atoms with Crippen molar-refractivity contribution >= 4 is 5.91 Å². The van der Waals surface area contributed by atoms with Crippen LogP contribution in [-0.4, -0.2) is 50.2 Å². The Morgan fingerprint density at radius 1 is 1.17 bits per heavy atom. The summed E-state index contributed by atoms with van der Waals surface area (Å²) in [6.07, 6.45) is 3.40. The van der Waals surface area contributed by atoms with E-state index in [1.165, 1.54) is 0 Å². The number of ether oxygens (including phenoxy) is 2. The minimum absolute atomic E-state index is 0.245. The molecule has 0 unspecified atom stereocenters. The molecule has 5 nitrogen and oxygen atoms in total. The smallest absolute Gasteiger partial charge is 0.222 e. The second kappa shape index (κ2) is 9.40. The number of carbonyl (C=O) groups is 1. The summed E-state index contributed by atoms with van der Waals surface area (Å²) in [5.74, 6) is 1.91. The second-order valence-corrected chi connectivity index (χ2v) is 5.80. The van der Waals surface area contributed by atoms with Crippen molar-refractivity contribution in [1.82, 2.24) is 10.2 Å². The molecule has 0 atom stereocenters. The number of nitrogens with zero attached hydrogens (tertiary/aromatic N) is 1. The highest BCUT2D eigenvalue weighted by Gasteiger charge is 2.21. The number of amides is 1. The maximum Gasteiger partial charge on any atom is 0.222 e. The van der Waals surface area contributed by atoms with Gasteiger partial charge in [0.1, 0.15) is 11.5 Å². The zero-order chi connectivity index (χ0) is 16.5. The molecule has 23 heavy (non-hydrogen) atoms.